The monoisotopic (exact) mass is 318 g/mol. The molecule has 124 valence electrons. The normalized spacial score (nSPS) is 20.5. The molecule has 1 aliphatic rings. The van der Waals surface area contributed by atoms with Gasteiger partial charge in [0.15, 0.2) is 0 Å². The number of carbonyl (C=O) groups excluding carboxylic acids is 2. The molecule has 2 N–H and O–H groups in total. The minimum absolute atomic E-state index is 0.0547. The molecule has 5 nitrogen and oxygen atoms in total. The number of ketones is 1. The van der Waals surface area contributed by atoms with Crippen molar-refractivity contribution in [1.29, 1.82) is 0 Å². The maximum absolute atomic E-state index is 12.3. The van der Waals surface area contributed by atoms with Crippen LogP contribution in [-0.4, -0.2) is 28.1 Å². The van der Waals surface area contributed by atoms with Gasteiger partial charge in [-0.1, -0.05) is 12.2 Å². The van der Waals surface area contributed by atoms with Gasteiger partial charge in [0.1, 0.15) is 22.8 Å². The third kappa shape index (κ3) is 4.84. The molecule has 0 amide bonds. The van der Waals surface area contributed by atoms with Gasteiger partial charge in [0.2, 0.25) is 0 Å². The molecule has 0 saturated heterocycles. The Hall–Kier alpha value is -2.30. The molecule has 0 aliphatic carbocycles. The molecule has 0 aromatic heterocycles. The van der Waals surface area contributed by atoms with Crippen LogP contribution in [0.3, 0.4) is 0 Å². The van der Waals surface area contributed by atoms with Crippen LogP contribution in [0, 0.1) is 0 Å². The zero-order valence-electron chi connectivity index (χ0n) is 13.2. The van der Waals surface area contributed by atoms with Crippen molar-refractivity contribution >= 4 is 17.8 Å². The van der Waals surface area contributed by atoms with Crippen molar-refractivity contribution in [2.24, 2.45) is 0 Å². The summed E-state index contributed by atoms with van der Waals surface area (Å²) in [6.07, 6.45) is 6.90. The van der Waals surface area contributed by atoms with Gasteiger partial charge in [-0.3, -0.25) is 4.79 Å². The third-order valence-electron chi connectivity index (χ3n) is 3.84. The number of esters is 1. The van der Waals surface area contributed by atoms with Crippen LogP contribution < -0.4 is 0 Å². The van der Waals surface area contributed by atoms with E-state index in [0.717, 1.165) is 12.5 Å². The maximum atomic E-state index is 12.3. The van der Waals surface area contributed by atoms with E-state index in [1.165, 1.54) is 6.07 Å². The number of rotatable bonds is 0. The lowest BCUT2D eigenvalue weighted by Crippen LogP contribution is -2.16. The summed E-state index contributed by atoms with van der Waals surface area (Å²) in [5, 5.41) is 19.6. The summed E-state index contributed by atoms with van der Waals surface area (Å²) in [5.41, 5.74) is 0.460. The van der Waals surface area contributed by atoms with E-state index in [1.807, 2.05) is 6.08 Å². The van der Waals surface area contributed by atoms with Gasteiger partial charge in [0.25, 0.3) is 0 Å². The van der Waals surface area contributed by atoms with E-state index in [4.69, 9.17) is 4.74 Å². The molecule has 1 aromatic carbocycles. The van der Waals surface area contributed by atoms with Crippen LogP contribution >= 0.6 is 0 Å². The molecule has 5 heteroatoms. The first kappa shape index (κ1) is 17.1. The number of hydrogen-bond donors (Lipinski definition) is 2. The van der Waals surface area contributed by atoms with Crippen molar-refractivity contribution in [2.75, 3.05) is 0 Å². The van der Waals surface area contributed by atoms with Crippen LogP contribution in [-0.2, 0) is 9.53 Å². The summed E-state index contributed by atoms with van der Waals surface area (Å²) in [6, 6.07) is 2.54. The number of allylic oxidation sites excluding steroid dienone is 1. The van der Waals surface area contributed by atoms with E-state index in [2.05, 4.69) is 0 Å². The quantitative estimate of drug-likeness (QED) is 0.714. The summed E-state index contributed by atoms with van der Waals surface area (Å²) < 4.78 is 5.35. The van der Waals surface area contributed by atoms with Crippen LogP contribution in [0.4, 0.5) is 0 Å². The smallest absolute Gasteiger partial charge is 0.342 e. The van der Waals surface area contributed by atoms with Gasteiger partial charge in [0, 0.05) is 18.9 Å². The minimum Gasteiger partial charge on any atom is -0.508 e. The lowest BCUT2D eigenvalue weighted by atomic mass is 10.0. The molecule has 1 aromatic rings. The summed E-state index contributed by atoms with van der Waals surface area (Å²) in [4.78, 5) is 24.0. The van der Waals surface area contributed by atoms with E-state index < -0.39 is 5.97 Å². The molecule has 1 aliphatic heterocycles. The van der Waals surface area contributed by atoms with E-state index in [0.29, 0.717) is 37.7 Å². The number of carbonyl (C=O) groups is 2. The molecule has 2 rings (SSSR count). The molecule has 0 fully saturated rings. The van der Waals surface area contributed by atoms with Crippen molar-refractivity contribution in [3.8, 4) is 11.5 Å². The second-order valence-corrected chi connectivity index (χ2v) is 5.87. The number of hydrogen-bond acceptors (Lipinski definition) is 5. The molecule has 1 atom stereocenters. The maximum Gasteiger partial charge on any atom is 0.342 e. The first-order valence-corrected chi connectivity index (χ1v) is 7.92. The molecule has 1 heterocycles. The predicted molar refractivity (Wildman–Crippen MR) is 86.4 cm³/mol. The van der Waals surface area contributed by atoms with Gasteiger partial charge < -0.3 is 14.9 Å². The van der Waals surface area contributed by atoms with Gasteiger partial charge in [-0.2, -0.15) is 0 Å². The Balaban J connectivity index is 2.32. The van der Waals surface area contributed by atoms with Crippen molar-refractivity contribution < 1.29 is 24.5 Å². The minimum atomic E-state index is -0.627. The lowest BCUT2D eigenvalue weighted by Gasteiger charge is -2.15. The highest BCUT2D eigenvalue weighted by atomic mass is 16.5. The predicted octanol–water partition coefficient (Wildman–Crippen LogP) is 3.58. The Bertz CT molecular complexity index is 618. The average Bonchev–Trinajstić information content (AvgIpc) is 2.45. The molecular formula is C18H22O5. The Morgan fingerprint density at radius 3 is 2.65 bits per heavy atom. The Labute approximate surface area is 135 Å². The third-order valence-corrected chi connectivity index (χ3v) is 3.84. The van der Waals surface area contributed by atoms with Gasteiger partial charge in [-0.15, -0.1) is 0 Å². The molecule has 0 radical (unpaired) electrons. The summed E-state index contributed by atoms with van der Waals surface area (Å²) >= 11 is 0. The van der Waals surface area contributed by atoms with Crippen molar-refractivity contribution in [3.05, 3.63) is 29.3 Å². The molecule has 0 saturated carbocycles. The van der Waals surface area contributed by atoms with Crippen LogP contribution in [0.5, 0.6) is 11.5 Å². The summed E-state index contributed by atoms with van der Waals surface area (Å²) in [7, 11) is 0. The highest BCUT2D eigenvalue weighted by Gasteiger charge is 2.20. The highest BCUT2D eigenvalue weighted by Crippen LogP contribution is 2.29. The van der Waals surface area contributed by atoms with Crippen LogP contribution in [0.2, 0.25) is 0 Å². The van der Waals surface area contributed by atoms with E-state index in [-0.39, 0.29) is 28.9 Å². The van der Waals surface area contributed by atoms with E-state index >= 15 is 0 Å². The topological polar surface area (TPSA) is 83.8 Å². The molecule has 23 heavy (non-hydrogen) atoms. The van der Waals surface area contributed by atoms with Crippen molar-refractivity contribution in [1.82, 2.24) is 0 Å². The van der Waals surface area contributed by atoms with Crippen molar-refractivity contribution in [2.45, 2.75) is 51.6 Å². The fourth-order valence-electron chi connectivity index (χ4n) is 2.63. The molecular weight excluding hydrogens is 296 g/mol. The number of fused-ring (bicyclic) bond motifs is 1. The summed E-state index contributed by atoms with van der Waals surface area (Å²) in [6.45, 7) is 1.77. The number of phenolic OH excluding ortho intramolecular Hbond substituents is 2. The lowest BCUT2D eigenvalue weighted by molar-refractivity contribution is -0.119. The fourth-order valence-corrected chi connectivity index (χ4v) is 2.63. The molecule has 0 unspecified atom stereocenters. The van der Waals surface area contributed by atoms with Gasteiger partial charge in [-0.05, 0) is 44.2 Å². The Morgan fingerprint density at radius 2 is 1.87 bits per heavy atom. The number of aromatic hydroxyl groups is 2. The first-order chi connectivity index (χ1) is 11.0. The zero-order chi connectivity index (χ0) is 16.8. The highest BCUT2D eigenvalue weighted by molar-refractivity contribution is 5.97. The SMILES string of the molecule is C[C@@H]1CCCC(=O)CCCC=Cc2cc(O)cc(O)c2C(=O)O1. The Kier molecular flexibility index (Phi) is 5.79. The number of cyclic esters (lactones) is 1. The number of phenols is 2. The molecule has 0 spiro atoms. The largest absolute Gasteiger partial charge is 0.508 e. The first-order valence-electron chi connectivity index (χ1n) is 7.92. The average molecular weight is 318 g/mol. The van der Waals surface area contributed by atoms with E-state index in [1.54, 1.807) is 13.0 Å². The second-order valence-electron chi connectivity index (χ2n) is 5.87. The number of benzene rings is 1. The van der Waals surface area contributed by atoms with Crippen LogP contribution in [0.1, 0.15) is 61.4 Å². The number of Topliss-reactive ketones (excluding diaryl/α,β-unsaturated/α-hetero) is 1. The number of ether oxygens (including phenoxy) is 1. The van der Waals surface area contributed by atoms with Crippen LogP contribution in [0.25, 0.3) is 6.08 Å². The summed E-state index contributed by atoms with van der Waals surface area (Å²) in [5.74, 6) is -0.824. The van der Waals surface area contributed by atoms with Gasteiger partial charge >= 0.3 is 5.97 Å². The fraction of sp³-hybridized carbons (Fsp3) is 0.444. The van der Waals surface area contributed by atoms with E-state index in [9.17, 15) is 19.8 Å². The van der Waals surface area contributed by atoms with Crippen molar-refractivity contribution in [3.63, 3.8) is 0 Å². The Morgan fingerprint density at radius 1 is 1.13 bits per heavy atom. The second kappa shape index (κ2) is 7.81. The van der Waals surface area contributed by atoms with Crippen LogP contribution in [0.15, 0.2) is 18.2 Å². The van der Waals surface area contributed by atoms with Gasteiger partial charge in [-0.25, -0.2) is 4.79 Å². The standard InChI is InChI=1S/C18H22O5/c1-12-6-5-9-14(19)8-4-2-3-7-13-10-15(20)11-16(21)17(13)18(22)23-12/h3,7,10-12,20-21H,2,4-6,8-9H2,1H3/t12-/m1/s1. The zero-order valence-corrected chi connectivity index (χ0v) is 13.2. The molecule has 0 bridgehead atoms. The van der Waals surface area contributed by atoms with Gasteiger partial charge in [0.05, 0.1) is 6.10 Å².